The van der Waals surface area contributed by atoms with Crippen LogP contribution in [-0.2, 0) is 0 Å². The van der Waals surface area contributed by atoms with Gasteiger partial charge in [0.2, 0.25) is 0 Å². The van der Waals surface area contributed by atoms with Gasteiger partial charge >= 0.3 is 0 Å². The molecule has 1 aliphatic carbocycles. The molecule has 0 saturated heterocycles. The van der Waals surface area contributed by atoms with Crippen LogP contribution in [0.1, 0.15) is 80.6 Å². The van der Waals surface area contributed by atoms with E-state index in [1.54, 1.807) is 0 Å². The van der Waals surface area contributed by atoms with Gasteiger partial charge in [-0.2, -0.15) is 0 Å². The van der Waals surface area contributed by atoms with Crippen LogP contribution in [0.3, 0.4) is 0 Å². The average molecular weight is 252 g/mol. The van der Waals surface area contributed by atoms with E-state index in [0.717, 1.165) is 29.6 Å². The summed E-state index contributed by atoms with van der Waals surface area (Å²) in [5, 5.41) is 0. The Labute approximate surface area is 116 Å². The first-order valence-electron chi connectivity index (χ1n) is 8.36. The van der Waals surface area contributed by atoms with E-state index in [1.807, 2.05) is 0 Å². The summed E-state index contributed by atoms with van der Waals surface area (Å²) in [4.78, 5) is 0. The molecule has 0 heterocycles. The van der Waals surface area contributed by atoms with Crippen molar-refractivity contribution >= 4 is 0 Å². The highest BCUT2D eigenvalue weighted by Crippen LogP contribution is 2.57. The maximum absolute atomic E-state index is 2.56. The zero-order chi connectivity index (χ0) is 13.9. The summed E-state index contributed by atoms with van der Waals surface area (Å²) < 4.78 is 0. The van der Waals surface area contributed by atoms with Crippen molar-refractivity contribution in [2.24, 2.45) is 35.0 Å². The highest BCUT2D eigenvalue weighted by Gasteiger charge is 2.49. The minimum atomic E-state index is 0.642. The largest absolute Gasteiger partial charge is 0.0651 e. The molecule has 1 aliphatic rings. The van der Waals surface area contributed by atoms with Crippen LogP contribution in [0.2, 0.25) is 0 Å². The molecular formula is C18H36. The van der Waals surface area contributed by atoms with Crippen molar-refractivity contribution in [2.75, 3.05) is 0 Å². The predicted molar refractivity (Wildman–Crippen MR) is 82.7 cm³/mol. The second-order valence-electron chi connectivity index (χ2n) is 7.59. The molecule has 108 valence electrons. The highest BCUT2D eigenvalue weighted by molar-refractivity contribution is 4.98. The van der Waals surface area contributed by atoms with E-state index in [1.165, 1.54) is 32.1 Å². The van der Waals surface area contributed by atoms with E-state index in [9.17, 15) is 0 Å². The first kappa shape index (κ1) is 16.1. The Morgan fingerprint density at radius 1 is 1.11 bits per heavy atom. The lowest BCUT2D eigenvalue weighted by molar-refractivity contribution is -0.0688. The molecule has 1 fully saturated rings. The quantitative estimate of drug-likeness (QED) is 0.509. The smallest absolute Gasteiger partial charge is 0.0267 e. The topological polar surface area (TPSA) is 0 Å². The third-order valence-electron chi connectivity index (χ3n) is 6.30. The van der Waals surface area contributed by atoms with E-state index in [4.69, 9.17) is 0 Å². The second-order valence-corrected chi connectivity index (χ2v) is 7.59. The van der Waals surface area contributed by atoms with Gasteiger partial charge in [-0.1, -0.05) is 61.3 Å². The van der Waals surface area contributed by atoms with Crippen LogP contribution in [0.4, 0.5) is 0 Å². The van der Waals surface area contributed by atoms with Crippen LogP contribution in [0.5, 0.6) is 0 Å². The Morgan fingerprint density at radius 2 is 1.72 bits per heavy atom. The van der Waals surface area contributed by atoms with Gasteiger partial charge in [0.15, 0.2) is 0 Å². The molecule has 18 heavy (non-hydrogen) atoms. The number of rotatable bonds is 7. The Morgan fingerprint density at radius 3 is 2.11 bits per heavy atom. The molecule has 0 heteroatoms. The maximum atomic E-state index is 2.56. The summed E-state index contributed by atoms with van der Waals surface area (Å²) in [7, 11) is 0. The van der Waals surface area contributed by atoms with E-state index in [-0.39, 0.29) is 0 Å². The molecule has 0 spiro atoms. The molecule has 0 aliphatic heterocycles. The van der Waals surface area contributed by atoms with Crippen molar-refractivity contribution in [1.29, 1.82) is 0 Å². The Bertz CT molecular complexity index is 242. The summed E-state index contributed by atoms with van der Waals surface area (Å²) in [5.41, 5.74) is 0.642. The minimum Gasteiger partial charge on any atom is -0.0651 e. The van der Waals surface area contributed by atoms with E-state index in [2.05, 4.69) is 48.5 Å². The molecule has 0 radical (unpaired) electrons. The molecule has 0 aromatic carbocycles. The first-order chi connectivity index (χ1) is 8.36. The van der Waals surface area contributed by atoms with Crippen molar-refractivity contribution in [2.45, 2.75) is 80.6 Å². The van der Waals surface area contributed by atoms with Crippen molar-refractivity contribution in [3.05, 3.63) is 0 Å². The van der Waals surface area contributed by atoms with Crippen molar-refractivity contribution in [3.8, 4) is 0 Å². The Balaban J connectivity index is 2.48. The van der Waals surface area contributed by atoms with Gasteiger partial charge in [0.1, 0.15) is 0 Å². The Hall–Kier alpha value is 0. The van der Waals surface area contributed by atoms with E-state index >= 15 is 0 Å². The normalized spacial score (nSPS) is 35.3. The predicted octanol–water partition coefficient (Wildman–Crippen LogP) is 6.16. The van der Waals surface area contributed by atoms with Gasteiger partial charge in [-0.05, 0) is 54.3 Å². The fraction of sp³-hybridized carbons (Fsp3) is 1.00. The Kier molecular flexibility index (Phi) is 5.74. The molecule has 0 N–H and O–H groups in total. The third kappa shape index (κ3) is 3.11. The molecule has 0 nitrogen and oxygen atoms in total. The maximum Gasteiger partial charge on any atom is -0.0267 e. The van der Waals surface area contributed by atoms with Crippen LogP contribution in [0.15, 0.2) is 0 Å². The van der Waals surface area contributed by atoms with Gasteiger partial charge in [-0.3, -0.25) is 0 Å². The standard InChI is InChI=1S/C18H36/c1-8-16(13(3)4)11-10-15(6)18(7)12-14(5)17(18)9-2/h13-17H,8-12H2,1-7H3. The molecule has 0 aromatic heterocycles. The molecule has 1 rings (SSSR count). The third-order valence-corrected chi connectivity index (χ3v) is 6.30. The zero-order valence-electron chi connectivity index (χ0n) is 13.9. The lowest BCUT2D eigenvalue weighted by Crippen LogP contribution is -2.48. The summed E-state index contributed by atoms with van der Waals surface area (Å²) in [6.07, 6.45) is 7.08. The van der Waals surface area contributed by atoms with E-state index < -0.39 is 0 Å². The molecule has 0 aromatic rings. The van der Waals surface area contributed by atoms with Gasteiger partial charge in [0, 0.05) is 0 Å². The van der Waals surface area contributed by atoms with Crippen LogP contribution in [0, 0.1) is 35.0 Å². The summed E-state index contributed by atoms with van der Waals surface area (Å²) in [6, 6.07) is 0. The van der Waals surface area contributed by atoms with Crippen LogP contribution in [0.25, 0.3) is 0 Å². The van der Waals surface area contributed by atoms with Crippen molar-refractivity contribution < 1.29 is 0 Å². The van der Waals surface area contributed by atoms with Crippen LogP contribution >= 0.6 is 0 Å². The molecule has 0 amide bonds. The summed E-state index contributed by atoms with van der Waals surface area (Å²) in [5.74, 6) is 4.65. The highest BCUT2D eigenvalue weighted by atomic mass is 14.5. The summed E-state index contributed by atoms with van der Waals surface area (Å²) >= 11 is 0. The molecular weight excluding hydrogens is 216 g/mol. The minimum absolute atomic E-state index is 0.642. The molecule has 5 atom stereocenters. The van der Waals surface area contributed by atoms with Crippen molar-refractivity contribution in [3.63, 3.8) is 0 Å². The van der Waals surface area contributed by atoms with E-state index in [0.29, 0.717) is 5.41 Å². The van der Waals surface area contributed by atoms with Gasteiger partial charge in [-0.15, -0.1) is 0 Å². The summed E-state index contributed by atoms with van der Waals surface area (Å²) in [6.45, 7) is 17.0. The second kappa shape index (κ2) is 6.44. The molecule has 1 saturated carbocycles. The van der Waals surface area contributed by atoms with Gasteiger partial charge in [0.05, 0.1) is 0 Å². The number of hydrogen-bond donors (Lipinski definition) is 0. The van der Waals surface area contributed by atoms with Crippen LogP contribution in [-0.4, -0.2) is 0 Å². The average Bonchev–Trinajstić information content (AvgIpc) is 2.28. The number of hydrogen-bond acceptors (Lipinski definition) is 0. The van der Waals surface area contributed by atoms with Crippen LogP contribution < -0.4 is 0 Å². The van der Waals surface area contributed by atoms with Gasteiger partial charge in [-0.25, -0.2) is 0 Å². The first-order valence-corrected chi connectivity index (χ1v) is 8.36. The fourth-order valence-electron chi connectivity index (χ4n) is 4.71. The van der Waals surface area contributed by atoms with Crippen molar-refractivity contribution in [1.82, 2.24) is 0 Å². The SMILES string of the molecule is CCC(CCC(C)C1(C)CC(C)C1CC)C(C)C. The van der Waals surface area contributed by atoms with Gasteiger partial charge < -0.3 is 0 Å². The van der Waals surface area contributed by atoms with Gasteiger partial charge in [0.25, 0.3) is 0 Å². The molecule has 5 unspecified atom stereocenters. The molecule has 0 bridgehead atoms. The monoisotopic (exact) mass is 252 g/mol. The lowest BCUT2D eigenvalue weighted by atomic mass is 9.49. The fourth-order valence-corrected chi connectivity index (χ4v) is 4.71. The zero-order valence-corrected chi connectivity index (χ0v) is 13.9. The lowest BCUT2D eigenvalue weighted by Gasteiger charge is -2.56.